The van der Waals surface area contributed by atoms with Crippen LogP contribution in [0.4, 0.5) is 0 Å². The van der Waals surface area contributed by atoms with E-state index in [0.717, 1.165) is 28.3 Å². The summed E-state index contributed by atoms with van der Waals surface area (Å²) >= 11 is 0. The Morgan fingerprint density at radius 3 is 1.84 bits per heavy atom. The summed E-state index contributed by atoms with van der Waals surface area (Å²) in [7, 11) is 0. The standard InChI is InChI=1S/C20H10N16O7/c37-14-6-11(23-2-24-14)32-19(28-6)42-43-20-30-9-13(33-20)27-5-36(17(9)40)41-18-29-8-12(31-18)26-4-35(16(8)39)34-3-25-10-7(15(34)38)21-1-22-10/h1-5H,(H,21,22)(H,29,31)(H,30,33)(H2,23,24,28,32,37). The summed E-state index contributed by atoms with van der Waals surface area (Å²) in [6, 6.07) is -0.766. The van der Waals surface area contributed by atoms with Gasteiger partial charge in [0, 0.05) is 0 Å². The van der Waals surface area contributed by atoms with Crippen LogP contribution in [0.1, 0.15) is 0 Å². The van der Waals surface area contributed by atoms with Crippen molar-refractivity contribution in [3.05, 3.63) is 73.1 Å². The molecule has 0 aliphatic carbocycles. The average molecular weight is 586 g/mol. The molecule has 8 aromatic rings. The van der Waals surface area contributed by atoms with Crippen LogP contribution in [0.15, 0.2) is 50.8 Å². The monoisotopic (exact) mass is 586 g/mol. The fourth-order valence-corrected chi connectivity index (χ4v) is 4.01. The zero-order chi connectivity index (χ0) is 29.2. The van der Waals surface area contributed by atoms with Crippen molar-refractivity contribution in [2.24, 2.45) is 0 Å². The molecule has 5 N–H and O–H groups in total. The molecule has 0 saturated heterocycles. The maximum atomic E-state index is 13.1. The van der Waals surface area contributed by atoms with E-state index in [2.05, 4.69) is 64.8 Å². The molecule has 8 rings (SSSR count). The molecule has 0 atom stereocenters. The highest BCUT2D eigenvalue weighted by Crippen LogP contribution is 2.15. The molecule has 0 fully saturated rings. The van der Waals surface area contributed by atoms with E-state index < -0.39 is 22.2 Å². The second-order valence-electron chi connectivity index (χ2n) is 8.47. The van der Waals surface area contributed by atoms with E-state index in [1.165, 1.54) is 12.7 Å². The minimum atomic E-state index is -0.786. The molecule has 0 saturated carbocycles. The number of nitrogens with one attached hydrogen (secondary N) is 5. The predicted molar refractivity (Wildman–Crippen MR) is 137 cm³/mol. The van der Waals surface area contributed by atoms with Gasteiger partial charge in [0.25, 0.3) is 5.56 Å². The Kier molecular flexibility index (Phi) is 4.76. The zero-order valence-electron chi connectivity index (χ0n) is 20.7. The summed E-state index contributed by atoms with van der Waals surface area (Å²) in [6.45, 7) is 0. The first kappa shape index (κ1) is 23.7. The molecule has 23 nitrogen and oxygen atoms in total. The Hall–Kier alpha value is -7.20. The van der Waals surface area contributed by atoms with E-state index in [0.29, 0.717) is 4.73 Å². The van der Waals surface area contributed by atoms with Gasteiger partial charge in [-0.05, 0) is 0 Å². The summed E-state index contributed by atoms with van der Waals surface area (Å²) in [6.07, 6.45) is 5.72. The Morgan fingerprint density at radius 2 is 1.09 bits per heavy atom. The quantitative estimate of drug-likeness (QED) is 0.0991. The first-order valence-corrected chi connectivity index (χ1v) is 11.8. The molecule has 0 aliphatic heterocycles. The number of fused-ring (bicyclic) bond motifs is 4. The van der Waals surface area contributed by atoms with Gasteiger partial charge < -0.3 is 14.8 Å². The van der Waals surface area contributed by atoms with Crippen LogP contribution in [0, 0.1) is 0 Å². The van der Waals surface area contributed by atoms with Gasteiger partial charge in [-0.15, -0.1) is 4.73 Å². The lowest BCUT2D eigenvalue weighted by molar-refractivity contribution is -0.115. The minimum absolute atomic E-state index is 0.00598. The van der Waals surface area contributed by atoms with Gasteiger partial charge in [-0.3, -0.25) is 34.1 Å². The second-order valence-corrected chi connectivity index (χ2v) is 8.47. The molecule has 0 unspecified atom stereocenters. The fourth-order valence-electron chi connectivity index (χ4n) is 4.01. The zero-order valence-corrected chi connectivity index (χ0v) is 20.7. The minimum Gasteiger partial charge on any atom is -0.331 e. The van der Waals surface area contributed by atoms with Crippen LogP contribution < -0.4 is 36.8 Å². The average Bonchev–Trinajstić information content (AvgIpc) is 3.80. The number of rotatable bonds is 6. The van der Waals surface area contributed by atoms with Crippen molar-refractivity contribution in [2.45, 2.75) is 0 Å². The van der Waals surface area contributed by atoms with Crippen molar-refractivity contribution in [3.63, 3.8) is 0 Å². The van der Waals surface area contributed by atoms with Crippen molar-refractivity contribution in [1.82, 2.24) is 78.9 Å². The molecule has 212 valence electrons. The lowest BCUT2D eigenvalue weighted by atomic mass is 10.5. The Labute approximate surface area is 229 Å². The summed E-state index contributed by atoms with van der Waals surface area (Å²) in [5.41, 5.74) is -2.59. The second kappa shape index (κ2) is 8.65. The number of hydrogen-bond donors (Lipinski definition) is 5. The van der Waals surface area contributed by atoms with Gasteiger partial charge in [0.2, 0.25) is 0 Å². The maximum Gasteiger partial charge on any atom is 0.347 e. The summed E-state index contributed by atoms with van der Waals surface area (Å²) in [5.74, 6) is 0. The molecule has 0 aliphatic rings. The molecule has 0 bridgehead atoms. The summed E-state index contributed by atoms with van der Waals surface area (Å²) < 4.78 is 2.51. The van der Waals surface area contributed by atoms with Crippen LogP contribution in [0.2, 0.25) is 0 Å². The molecule has 43 heavy (non-hydrogen) atoms. The lowest BCUT2D eigenvalue weighted by Gasteiger charge is -2.06. The van der Waals surface area contributed by atoms with Crippen LogP contribution in [-0.2, 0) is 0 Å². The number of aromatic nitrogens is 16. The van der Waals surface area contributed by atoms with E-state index >= 15 is 0 Å². The van der Waals surface area contributed by atoms with Gasteiger partial charge in [0.15, 0.2) is 44.7 Å². The lowest BCUT2D eigenvalue weighted by Crippen LogP contribution is -2.35. The summed E-state index contributed by atoms with van der Waals surface area (Å²) in [5, 5.41) is 0. The van der Waals surface area contributed by atoms with Crippen LogP contribution >= 0.6 is 0 Å². The molecular weight excluding hydrogens is 576 g/mol. The van der Waals surface area contributed by atoms with E-state index in [4.69, 9.17) is 14.6 Å². The van der Waals surface area contributed by atoms with E-state index in [1.54, 1.807) is 0 Å². The summed E-state index contributed by atoms with van der Waals surface area (Å²) in [4.78, 5) is 111. The Morgan fingerprint density at radius 1 is 0.535 bits per heavy atom. The number of imidazole rings is 4. The van der Waals surface area contributed by atoms with E-state index in [-0.39, 0.29) is 62.7 Å². The van der Waals surface area contributed by atoms with Crippen molar-refractivity contribution in [3.8, 4) is 18.0 Å². The van der Waals surface area contributed by atoms with Crippen LogP contribution in [0.5, 0.6) is 18.0 Å². The molecule has 0 spiro atoms. The normalized spacial score (nSPS) is 11.6. The molecule has 0 aromatic carbocycles. The highest BCUT2D eigenvalue weighted by Gasteiger charge is 2.18. The van der Waals surface area contributed by atoms with Gasteiger partial charge in [-0.25, -0.2) is 34.7 Å². The van der Waals surface area contributed by atoms with Gasteiger partial charge in [-0.1, -0.05) is 0 Å². The van der Waals surface area contributed by atoms with E-state index in [9.17, 15) is 19.2 Å². The first-order chi connectivity index (χ1) is 20.9. The smallest absolute Gasteiger partial charge is 0.331 e. The Balaban J connectivity index is 1.07. The van der Waals surface area contributed by atoms with Gasteiger partial charge >= 0.3 is 34.7 Å². The molecular formula is C20H10N16O7. The number of nitrogens with zero attached hydrogens (tertiary/aromatic N) is 11. The third kappa shape index (κ3) is 3.68. The van der Waals surface area contributed by atoms with Crippen LogP contribution in [-0.4, -0.2) is 78.9 Å². The van der Waals surface area contributed by atoms with Crippen molar-refractivity contribution in [1.29, 1.82) is 0 Å². The molecule has 23 heteroatoms. The maximum absolute atomic E-state index is 13.1. The first-order valence-electron chi connectivity index (χ1n) is 11.8. The van der Waals surface area contributed by atoms with Gasteiger partial charge in [0.1, 0.15) is 19.0 Å². The fraction of sp³-hybridized carbons (Fsp3) is 0. The number of H-pyrrole nitrogens is 5. The van der Waals surface area contributed by atoms with E-state index in [1.807, 2.05) is 0 Å². The van der Waals surface area contributed by atoms with Crippen LogP contribution in [0.3, 0.4) is 0 Å². The topological polar surface area (TPSA) is 293 Å². The third-order valence-electron chi connectivity index (χ3n) is 5.94. The van der Waals surface area contributed by atoms with Crippen molar-refractivity contribution < 1.29 is 14.6 Å². The molecule has 0 amide bonds. The van der Waals surface area contributed by atoms with Crippen LogP contribution in [0.25, 0.3) is 44.7 Å². The van der Waals surface area contributed by atoms with Crippen molar-refractivity contribution in [2.75, 3.05) is 0 Å². The number of aromatic amines is 5. The highest BCUT2D eigenvalue weighted by molar-refractivity contribution is 5.71. The predicted octanol–water partition coefficient (Wildman–Crippen LogP) is -2.53. The molecule has 8 aromatic heterocycles. The third-order valence-corrected chi connectivity index (χ3v) is 5.94. The van der Waals surface area contributed by atoms with Gasteiger partial charge in [-0.2, -0.15) is 24.3 Å². The highest BCUT2D eigenvalue weighted by atomic mass is 17.2. The SMILES string of the molecule is O=c1[nH]cnc2[nH]c(OOc3nc4c(=O)n(Oc5nc6c(=O)n(-n7cnc8[nH]cnc8c7=O)cnc6[nH]5)cnc4[nH]3)nc12. The largest absolute Gasteiger partial charge is 0.347 e. The Bertz CT molecular complexity index is 2610. The molecule has 8 heterocycles. The van der Waals surface area contributed by atoms with Gasteiger partial charge in [0.05, 0.1) is 12.7 Å². The molecule has 0 radical (unpaired) electrons. The van der Waals surface area contributed by atoms with Crippen molar-refractivity contribution >= 4 is 44.7 Å². The number of hydrogen-bond acceptors (Lipinski definition) is 15.